The van der Waals surface area contributed by atoms with Crippen molar-refractivity contribution < 1.29 is 4.79 Å². The predicted octanol–water partition coefficient (Wildman–Crippen LogP) is 2.70. The summed E-state index contributed by atoms with van der Waals surface area (Å²) in [6.45, 7) is 4.29. The average Bonchev–Trinajstić information content (AvgIpc) is 3.21. The summed E-state index contributed by atoms with van der Waals surface area (Å²) in [5, 5.41) is 8.29. The Morgan fingerprint density at radius 1 is 1.05 bits per heavy atom. The molecule has 1 saturated carbocycles. The summed E-state index contributed by atoms with van der Waals surface area (Å²) in [7, 11) is 0. The maximum absolute atomic E-state index is 11.2. The Morgan fingerprint density at radius 3 is 2.55 bits per heavy atom. The van der Waals surface area contributed by atoms with Gasteiger partial charge in [0.2, 0.25) is 0 Å². The average molecular weight is 304 g/mol. The molecule has 22 heavy (non-hydrogen) atoms. The second kappa shape index (κ2) is 7.86. The quantitative estimate of drug-likeness (QED) is 0.727. The van der Waals surface area contributed by atoms with Crippen LogP contribution in [0.15, 0.2) is 0 Å². The molecule has 1 saturated heterocycles. The zero-order chi connectivity index (χ0) is 15.2. The lowest BCUT2D eigenvalue weighted by molar-refractivity contribution is 0.111. The summed E-state index contributed by atoms with van der Waals surface area (Å²) < 4.78 is 1.98. The molecule has 0 radical (unpaired) electrons. The van der Waals surface area contributed by atoms with Crippen molar-refractivity contribution in [3.8, 4) is 0 Å². The van der Waals surface area contributed by atoms with E-state index in [0.717, 1.165) is 37.4 Å². The van der Waals surface area contributed by atoms with Gasteiger partial charge in [0, 0.05) is 6.54 Å². The second-order valence-corrected chi connectivity index (χ2v) is 6.85. The van der Waals surface area contributed by atoms with Crippen LogP contribution >= 0.6 is 0 Å². The van der Waals surface area contributed by atoms with E-state index in [1.807, 2.05) is 4.68 Å². The normalized spacial score (nSPS) is 20.5. The molecule has 2 fully saturated rings. The first kappa shape index (κ1) is 15.7. The molecule has 0 N–H and O–H groups in total. The number of nitrogens with zero attached hydrogens (tertiary/aromatic N) is 4. The zero-order valence-electron chi connectivity index (χ0n) is 13.5. The van der Waals surface area contributed by atoms with E-state index in [4.69, 9.17) is 0 Å². The monoisotopic (exact) mass is 304 g/mol. The standard InChI is InChI=1S/C17H28N4O/c22-14-16-17(9-8-15-6-2-1-3-7-15)21(19-18-16)13-12-20-10-4-5-11-20/h14-15H,1-13H2. The first-order valence-corrected chi connectivity index (χ1v) is 8.96. The maximum atomic E-state index is 11.2. The minimum atomic E-state index is 0.553. The summed E-state index contributed by atoms with van der Waals surface area (Å²) in [6.07, 6.45) is 12.5. The van der Waals surface area contributed by atoms with Gasteiger partial charge in [0.25, 0.3) is 0 Å². The fraction of sp³-hybridized carbons (Fsp3) is 0.824. The van der Waals surface area contributed by atoms with Gasteiger partial charge in [0.1, 0.15) is 5.69 Å². The third-order valence-electron chi connectivity index (χ3n) is 5.32. The van der Waals surface area contributed by atoms with Gasteiger partial charge in [-0.2, -0.15) is 0 Å². The number of likely N-dealkylation sites (tertiary alicyclic amines) is 1. The molecule has 0 amide bonds. The SMILES string of the molecule is O=Cc1nnn(CCN2CCCC2)c1CCC1CCCCC1. The van der Waals surface area contributed by atoms with Gasteiger partial charge in [0.05, 0.1) is 12.2 Å². The molecule has 5 nitrogen and oxygen atoms in total. The maximum Gasteiger partial charge on any atom is 0.172 e. The third-order valence-corrected chi connectivity index (χ3v) is 5.32. The number of hydrogen-bond acceptors (Lipinski definition) is 4. The van der Waals surface area contributed by atoms with E-state index in [9.17, 15) is 4.79 Å². The Kier molecular flexibility index (Phi) is 5.59. The van der Waals surface area contributed by atoms with Crippen LogP contribution in [0.4, 0.5) is 0 Å². The Labute approximate surface area is 133 Å². The summed E-state index contributed by atoms with van der Waals surface area (Å²) in [6, 6.07) is 0. The Bertz CT molecular complexity index is 473. The highest BCUT2D eigenvalue weighted by molar-refractivity contribution is 5.73. The van der Waals surface area contributed by atoms with Gasteiger partial charge < -0.3 is 4.90 Å². The minimum Gasteiger partial charge on any atom is -0.301 e. The number of carbonyl (C=O) groups excluding carboxylic acids is 1. The second-order valence-electron chi connectivity index (χ2n) is 6.85. The summed E-state index contributed by atoms with van der Waals surface area (Å²) in [4.78, 5) is 13.7. The van der Waals surface area contributed by atoms with Crippen molar-refractivity contribution in [2.24, 2.45) is 5.92 Å². The van der Waals surface area contributed by atoms with Crippen molar-refractivity contribution in [3.05, 3.63) is 11.4 Å². The lowest BCUT2D eigenvalue weighted by atomic mass is 9.85. The molecule has 122 valence electrons. The van der Waals surface area contributed by atoms with E-state index >= 15 is 0 Å². The molecule has 1 aliphatic heterocycles. The molecular weight excluding hydrogens is 276 g/mol. The fourth-order valence-electron chi connectivity index (χ4n) is 3.93. The molecule has 0 unspecified atom stereocenters. The van der Waals surface area contributed by atoms with E-state index in [1.54, 1.807) is 0 Å². The van der Waals surface area contributed by atoms with Gasteiger partial charge in [-0.05, 0) is 44.7 Å². The molecule has 0 bridgehead atoms. The van der Waals surface area contributed by atoms with E-state index in [-0.39, 0.29) is 0 Å². The zero-order valence-corrected chi connectivity index (χ0v) is 13.5. The van der Waals surface area contributed by atoms with Gasteiger partial charge in [-0.3, -0.25) is 4.79 Å². The van der Waals surface area contributed by atoms with Crippen LogP contribution < -0.4 is 0 Å². The lowest BCUT2D eigenvalue weighted by Crippen LogP contribution is -2.25. The Morgan fingerprint density at radius 2 is 1.82 bits per heavy atom. The van der Waals surface area contributed by atoms with Gasteiger partial charge in [-0.25, -0.2) is 4.68 Å². The largest absolute Gasteiger partial charge is 0.301 e. The summed E-state index contributed by atoms with van der Waals surface area (Å²) in [5.74, 6) is 0.829. The molecule has 5 heteroatoms. The van der Waals surface area contributed by atoms with Crippen LogP contribution in [0, 0.1) is 5.92 Å². The number of aromatic nitrogens is 3. The van der Waals surface area contributed by atoms with E-state index in [1.165, 1.54) is 64.5 Å². The molecule has 0 spiro atoms. The van der Waals surface area contributed by atoms with E-state index < -0.39 is 0 Å². The fourth-order valence-corrected chi connectivity index (χ4v) is 3.93. The minimum absolute atomic E-state index is 0.553. The van der Waals surface area contributed by atoms with Crippen LogP contribution in [0.25, 0.3) is 0 Å². The summed E-state index contributed by atoms with van der Waals surface area (Å²) in [5.41, 5.74) is 1.61. The van der Waals surface area contributed by atoms with Crippen LogP contribution in [0.3, 0.4) is 0 Å². The van der Waals surface area contributed by atoms with Crippen LogP contribution in [0.2, 0.25) is 0 Å². The summed E-state index contributed by atoms with van der Waals surface area (Å²) >= 11 is 0. The number of hydrogen-bond donors (Lipinski definition) is 0. The number of rotatable bonds is 7. The highest BCUT2D eigenvalue weighted by Crippen LogP contribution is 2.27. The first-order chi connectivity index (χ1) is 10.9. The van der Waals surface area contributed by atoms with Gasteiger partial charge in [0.15, 0.2) is 6.29 Å². The molecular formula is C17H28N4O. The lowest BCUT2D eigenvalue weighted by Gasteiger charge is -2.21. The van der Waals surface area contributed by atoms with Crippen molar-refractivity contribution in [1.29, 1.82) is 0 Å². The molecule has 1 aromatic heterocycles. The molecule has 0 aromatic carbocycles. The topological polar surface area (TPSA) is 51.0 Å². The van der Waals surface area contributed by atoms with Crippen LogP contribution in [0.1, 0.15) is 67.5 Å². The molecule has 1 aliphatic carbocycles. The molecule has 2 heterocycles. The van der Waals surface area contributed by atoms with Crippen molar-refractivity contribution in [2.45, 2.75) is 64.3 Å². The van der Waals surface area contributed by atoms with Crippen LogP contribution in [-0.2, 0) is 13.0 Å². The third kappa shape index (κ3) is 3.94. The van der Waals surface area contributed by atoms with Crippen molar-refractivity contribution >= 4 is 6.29 Å². The molecule has 3 rings (SSSR count). The van der Waals surface area contributed by atoms with Crippen LogP contribution in [-0.4, -0.2) is 45.8 Å². The molecule has 1 aromatic rings. The van der Waals surface area contributed by atoms with Gasteiger partial charge >= 0.3 is 0 Å². The van der Waals surface area contributed by atoms with Crippen molar-refractivity contribution in [2.75, 3.05) is 19.6 Å². The van der Waals surface area contributed by atoms with Crippen molar-refractivity contribution in [3.63, 3.8) is 0 Å². The van der Waals surface area contributed by atoms with Gasteiger partial charge in [-0.15, -0.1) is 5.10 Å². The van der Waals surface area contributed by atoms with Gasteiger partial charge in [-0.1, -0.05) is 37.3 Å². The Balaban J connectivity index is 1.57. The molecule has 2 aliphatic rings. The molecule has 0 atom stereocenters. The Hall–Kier alpha value is -1.23. The highest BCUT2D eigenvalue weighted by atomic mass is 16.1. The van der Waals surface area contributed by atoms with E-state index in [0.29, 0.717) is 5.69 Å². The van der Waals surface area contributed by atoms with Crippen molar-refractivity contribution in [1.82, 2.24) is 19.9 Å². The number of aldehydes is 1. The van der Waals surface area contributed by atoms with Crippen LogP contribution in [0.5, 0.6) is 0 Å². The number of carbonyl (C=O) groups is 1. The first-order valence-electron chi connectivity index (χ1n) is 8.96. The predicted molar refractivity (Wildman–Crippen MR) is 86.0 cm³/mol. The highest BCUT2D eigenvalue weighted by Gasteiger charge is 2.18. The smallest absolute Gasteiger partial charge is 0.172 e. The van der Waals surface area contributed by atoms with E-state index in [2.05, 4.69) is 15.2 Å².